The standard InChI is InChI=1S/C22H21N3O2/c1-4-27-20(26)11-10-19-18(13-23)21-15(2)12-16(3)24-22(21)25(19)14-17-8-6-5-7-9-17/h5-12H,4,14H2,1-3H3. The number of benzene rings is 1. The van der Waals surface area contributed by atoms with Crippen molar-refractivity contribution >= 4 is 23.1 Å². The molecule has 3 rings (SSSR count). The van der Waals surface area contributed by atoms with Crippen molar-refractivity contribution in [1.29, 1.82) is 5.26 Å². The fraction of sp³-hybridized carbons (Fsp3) is 0.227. The van der Waals surface area contributed by atoms with Gasteiger partial charge in [0.2, 0.25) is 0 Å². The summed E-state index contributed by atoms with van der Waals surface area (Å²) in [7, 11) is 0. The molecule has 0 saturated heterocycles. The average molecular weight is 359 g/mol. The van der Waals surface area contributed by atoms with Crippen molar-refractivity contribution in [2.45, 2.75) is 27.3 Å². The molecule has 0 aliphatic rings. The van der Waals surface area contributed by atoms with Gasteiger partial charge in [-0.2, -0.15) is 5.26 Å². The minimum Gasteiger partial charge on any atom is -0.463 e. The number of ether oxygens (including phenoxy) is 1. The van der Waals surface area contributed by atoms with Crippen molar-refractivity contribution in [1.82, 2.24) is 9.55 Å². The molecule has 2 heterocycles. The molecule has 0 spiro atoms. The Balaban J connectivity index is 2.24. The molecule has 0 N–H and O–H groups in total. The van der Waals surface area contributed by atoms with Crippen molar-refractivity contribution < 1.29 is 9.53 Å². The topological polar surface area (TPSA) is 67.9 Å². The number of carbonyl (C=O) groups is 1. The second-order valence-electron chi connectivity index (χ2n) is 6.31. The fourth-order valence-electron chi connectivity index (χ4n) is 3.25. The number of nitrogens with zero attached hydrogens (tertiary/aromatic N) is 3. The van der Waals surface area contributed by atoms with Gasteiger partial charge in [0.05, 0.1) is 17.9 Å². The first-order valence-corrected chi connectivity index (χ1v) is 8.84. The number of aryl methyl sites for hydroxylation is 2. The third kappa shape index (κ3) is 3.75. The summed E-state index contributed by atoms with van der Waals surface area (Å²) in [5, 5.41) is 10.6. The summed E-state index contributed by atoms with van der Waals surface area (Å²) >= 11 is 0. The Morgan fingerprint density at radius 3 is 2.70 bits per heavy atom. The highest BCUT2D eigenvalue weighted by atomic mass is 16.5. The Labute approximate surface area is 158 Å². The van der Waals surface area contributed by atoms with Gasteiger partial charge in [-0.15, -0.1) is 0 Å². The minimum atomic E-state index is -0.432. The van der Waals surface area contributed by atoms with E-state index in [0.717, 1.165) is 27.9 Å². The van der Waals surface area contributed by atoms with Crippen molar-refractivity contribution in [2.75, 3.05) is 6.61 Å². The first-order valence-electron chi connectivity index (χ1n) is 8.84. The van der Waals surface area contributed by atoms with Crippen LogP contribution in [0.4, 0.5) is 0 Å². The number of hydrogen-bond acceptors (Lipinski definition) is 4. The lowest BCUT2D eigenvalue weighted by Crippen LogP contribution is -2.05. The Hall–Kier alpha value is -3.39. The van der Waals surface area contributed by atoms with Crippen LogP contribution in [0.5, 0.6) is 0 Å². The molecular formula is C22H21N3O2. The van der Waals surface area contributed by atoms with Gasteiger partial charge >= 0.3 is 5.97 Å². The van der Waals surface area contributed by atoms with E-state index < -0.39 is 5.97 Å². The fourth-order valence-corrected chi connectivity index (χ4v) is 3.25. The van der Waals surface area contributed by atoms with Gasteiger partial charge in [-0.1, -0.05) is 30.3 Å². The number of pyridine rings is 1. The van der Waals surface area contributed by atoms with E-state index in [2.05, 4.69) is 11.1 Å². The molecule has 0 saturated carbocycles. The summed E-state index contributed by atoms with van der Waals surface area (Å²) in [6, 6.07) is 14.2. The summed E-state index contributed by atoms with van der Waals surface area (Å²) < 4.78 is 6.96. The largest absolute Gasteiger partial charge is 0.463 e. The van der Waals surface area contributed by atoms with Gasteiger partial charge in [0.15, 0.2) is 0 Å². The maximum atomic E-state index is 11.8. The highest BCUT2D eigenvalue weighted by Gasteiger charge is 2.19. The molecule has 0 unspecified atom stereocenters. The third-order valence-corrected chi connectivity index (χ3v) is 4.34. The predicted molar refractivity (Wildman–Crippen MR) is 105 cm³/mol. The molecular weight excluding hydrogens is 338 g/mol. The number of aromatic nitrogens is 2. The summed E-state index contributed by atoms with van der Waals surface area (Å²) in [5.41, 5.74) is 4.89. The van der Waals surface area contributed by atoms with Gasteiger partial charge in [0, 0.05) is 23.7 Å². The van der Waals surface area contributed by atoms with Crippen LogP contribution in [0.3, 0.4) is 0 Å². The van der Waals surface area contributed by atoms with Crippen LogP contribution in [0.15, 0.2) is 42.5 Å². The van der Waals surface area contributed by atoms with Crippen LogP contribution in [0.25, 0.3) is 17.1 Å². The highest BCUT2D eigenvalue weighted by Crippen LogP contribution is 2.29. The summed E-state index contributed by atoms with van der Waals surface area (Å²) in [5.74, 6) is -0.432. The van der Waals surface area contributed by atoms with Gasteiger partial charge in [-0.25, -0.2) is 9.78 Å². The monoisotopic (exact) mass is 359 g/mol. The van der Waals surface area contributed by atoms with E-state index in [-0.39, 0.29) is 0 Å². The molecule has 0 atom stereocenters. The van der Waals surface area contributed by atoms with Gasteiger partial charge in [-0.05, 0) is 44.0 Å². The van der Waals surface area contributed by atoms with Crippen LogP contribution in [0.1, 0.15) is 35.0 Å². The second kappa shape index (κ2) is 7.88. The highest BCUT2D eigenvalue weighted by molar-refractivity contribution is 5.94. The number of fused-ring (bicyclic) bond motifs is 1. The van der Waals surface area contributed by atoms with E-state index in [1.165, 1.54) is 6.08 Å². The molecule has 0 fully saturated rings. The molecule has 0 bridgehead atoms. The maximum absolute atomic E-state index is 11.8. The van der Waals surface area contributed by atoms with E-state index in [0.29, 0.717) is 24.4 Å². The Kier molecular flexibility index (Phi) is 5.37. The SMILES string of the molecule is CCOC(=O)C=Cc1c(C#N)c2c(C)cc(C)nc2n1Cc1ccccc1. The zero-order valence-corrected chi connectivity index (χ0v) is 15.7. The number of carbonyl (C=O) groups excluding carboxylic acids is 1. The van der Waals surface area contributed by atoms with Crippen LogP contribution >= 0.6 is 0 Å². The van der Waals surface area contributed by atoms with Gasteiger partial charge in [0.1, 0.15) is 11.7 Å². The Morgan fingerprint density at radius 1 is 1.30 bits per heavy atom. The Morgan fingerprint density at radius 2 is 2.04 bits per heavy atom. The molecule has 2 aromatic heterocycles. The molecule has 3 aromatic rings. The van der Waals surface area contributed by atoms with Gasteiger partial charge < -0.3 is 9.30 Å². The van der Waals surface area contributed by atoms with Gasteiger partial charge in [-0.3, -0.25) is 0 Å². The van der Waals surface area contributed by atoms with Crippen LogP contribution in [0, 0.1) is 25.2 Å². The average Bonchev–Trinajstić information content (AvgIpc) is 2.94. The van der Waals surface area contributed by atoms with Gasteiger partial charge in [0.25, 0.3) is 0 Å². The maximum Gasteiger partial charge on any atom is 0.330 e. The first kappa shape index (κ1) is 18.4. The van der Waals surface area contributed by atoms with Crippen molar-refractivity contribution in [3.05, 3.63) is 70.6 Å². The first-order chi connectivity index (χ1) is 13.0. The molecule has 5 nitrogen and oxygen atoms in total. The molecule has 0 aliphatic carbocycles. The van der Waals surface area contributed by atoms with E-state index in [4.69, 9.17) is 4.74 Å². The van der Waals surface area contributed by atoms with E-state index in [1.54, 1.807) is 13.0 Å². The number of nitriles is 1. The molecule has 27 heavy (non-hydrogen) atoms. The van der Waals surface area contributed by atoms with Crippen molar-refractivity contribution in [3.63, 3.8) is 0 Å². The third-order valence-electron chi connectivity index (χ3n) is 4.34. The summed E-state index contributed by atoms with van der Waals surface area (Å²) in [4.78, 5) is 16.5. The van der Waals surface area contributed by atoms with Crippen LogP contribution in [-0.2, 0) is 16.1 Å². The van der Waals surface area contributed by atoms with E-state index >= 15 is 0 Å². The second-order valence-corrected chi connectivity index (χ2v) is 6.31. The normalized spacial score (nSPS) is 11.0. The minimum absolute atomic E-state index is 0.307. The molecule has 0 radical (unpaired) electrons. The zero-order chi connectivity index (χ0) is 19.4. The molecule has 1 aromatic carbocycles. The smallest absolute Gasteiger partial charge is 0.330 e. The molecule has 0 amide bonds. The van der Waals surface area contributed by atoms with E-state index in [9.17, 15) is 10.1 Å². The summed E-state index contributed by atoms with van der Waals surface area (Å²) in [6.07, 6.45) is 3.01. The lowest BCUT2D eigenvalue weighted by atomic mass is 10.1. The molecule has 136 valence electrons. The van der Waals surface area contributed by atoms with Crippen LogP contribution in [0.2, 0.25) is 0 Å². The van der Waals surface area contributed by atoms with Crippen LogP contribution < -0.4 is 0 Å². The zero-order valence-electron chi connectivity index (χ0n) is 15.7. The van der Waals surface area contributed by atoms with Crippen molar-refractivity contribution in [2.24, 2.45) is 0 Å². The molecule has 0 aliphatic heterocycles. The van der Waals surface area contributed by atoms with E-state index in [1.807, 2.05) is 54.8 Å². The van der Waals surface area contributed by atoms with Crippen molar-refractivity contribution in [3.8, 4) is 6.07 Å². The summed E-state index contributed by atoms with van der Waals surface area (Å²) in [6.45, 7) is 6.53. The number of esters is 1. The molecule has 5 heteroatoms. The Bertz CT molecular complexity index is 1060. The lowest BCUT2D eigenvalue weighted by Gasteiger charge is -2.09. The lowest BCUT2D eigenvalue weighted by molar-refractivity contribution is -0.137. The number of rotatable bonds is 5. The predicted octanol–water partition coefficient (Wildman–Crippen LogP) is 4.15. The van der Waals surface area contributed by atoms with Crippen LogP contribution in [-0.4, -0.2) is 22.1 Å². The quantitative estimate of drug-likeness (QED) is 0.507. The number of hydrogen-bond donors (Lipinski definition) is 0.